The van der Waals surface area contributed by atoms with Crippen LogP contribution in [0.2, 0.25) is 5.02 Å². The number of aromatic amines is 1. The first-order valence-corrected chi connectivity index (χ1v) is 8.08. The molecule has 0 aliphatic carbocycles. The number of aromatic nitrogens is 1. The fourth-order valence-electron chi connectivity index (χ4n) is 2.07. The molecule has 0 atom stereocenters. The predicted molar refractivity (Wildman–Crippen MR) is 93.0 cm³/mol. The molecule has 0 aliphatic heterocycles. The molecule has 0 spiro atoms. The van der Waals surface area contributed by atoms with Gasteiger partial charge in [-0.1, -0.05) is 27.5 Å². The maximum absolute atomic E-state index is 11.9. The molecule has 0 saturated carbocycles. The number of nitrogens with one attached hydrogen (secondary N) is 2. The summed E-state index contributed by atoms with van der Waals surface area (Å²) in [4.78, 5) is 26.4. The Bertz CT molecular complexity index is 789. The summed E-state index contributed by atoms with van der Waals surface area (Å²) in [6.45, 7) is 3.62. The second-order valence-corrected chi connectivity index (χ2v) is 6.41. The lowest BCUT2D eigenvalue weighted by Crippen LogP contribution is -2.31. The van der Waals surface area contributed by atoms with Gasteiger partial charge in [0.05, 0.1) is 5.02 Å². The van der Waals surface area contributed by atoms with Crippen molar-refractivity contribution in [2.75, 3.05) is 6.61 Å². The first-order valence-electron chi connectivity index (χ1n) is 6.91. The van der Waals surface area contributed by atoms with Crippen LogP contribution in [0, 0.1) is 13.8 Å². The number of carbonyl (C=O) groups excluding carboxylic acids is 1. The molecule has 0 radical (unpaired) electrons. The Morgan fingerprint density at radius 1 is 1.35 bits per heavy atom. The monoisotopic (exact) mass is 398 g/mol. The highest BCUT2D eigenvalue weighted by atomic mass is 79.9. The number of rotatable bonds is 5. The van der Waals surface area contributed by atoms with Crippen molar-refractivity contribution in [1.29, 1.82) is 0 Å². The van der Waals surface area contributed by atoms with E-state index in [1.54, 1.807) is 18.2 Å². The number of H-pyrrole nitrogens is 1. The minimum atomic E-state index is -0.330. The van der Waals surface area contributed by atoms with Gasteiger partial charge < -0.3 is 15.0 Å². The number of carbonyl (C=O) groups is 1. The zero-order chi connectivity index (χ0) is 17.0. The topological polar surface area (TPSA) is 71.2 Å². The molecule has 2 N–H and O–H groups in total. The molecule has 0 saturated heterocycles. The molecule has 1 heterocycles. The zero-order valence-corrected chi connectivity index (χ0v) is 15.0. The van der Waals surface area contributed by atoms with Gasteiger partial charge in [-0.2, -0.15) is 0 Å². The van der Waals surface area contributed by atoms with Crippen LogP contribution in [0.25, 0.3) is 0 Å². The van der Waals surface area contributed by atoms with E-state index in [1.165, 1.54) is 0 Å². The molecule has 2 aromatic rings. The Morgan fingerprint density at radius 2 is 2.09 bits per heavy atom. The Kier molecular flexibility index (Phi) is 5.85. The van der Waals surface area contributed by atoms with Crippen LogP contribution in [0.1, 0.15) is 16.8 Å². The summed E-state index contributed by atoms with van der Waals surface area (Å²) in [6, 6.07) is 6.99. The Labute approximate surface area is 147 Å². The van der Waals surface area contributed by atoms with Gasteiger partial charge in [0, 0.05) is 22.3 Å². The normalized spacial score (nSPS) is 10.4. The maximum Gasteiger partial charge on any atom is 0.258 e. The van der Waals surface area contributed by atoms with Gasteiger partial charge in [0.25, 0.3) is 11.5 Å². The molecule has 5 nitrogen and oxygen atoms in total. The van der Waals surface area contributed by atoms with Gasteiger partial charge in [0.1, 0.15) is 5.75 Å². The number of ether oxygens (including phenoxy) is 1. The van der Waals surface area contributed by atoms with Crippen molar-refractivity contribution in [3.05, 3.63) is 60.9 Å². The first kappa shape index (κ1) is 17.6. The number of hydrogen-bond donors (Lipinski definition) is 2. The number of hydrogen-bond acceptors (Lipinski definition) is 3. The molecular weight excluding hydrogens is 384 g/mol. The van der Waals surface area contributed by atoms with Gasteiger partial charge in [-0.3, -0.25) is 9.59 Å². The van der Waals surface area contributed by atoms with Crippen LogP contribution in [-0.2, 0) is 11.3 Å². The molecule has 122 valence electrons. The third-order valence-corrected chi connectivity index (χ3v) is 4.00. The fraction of sp³-hybridized carbons (Fsp3) is 0.250. The summed E-state index contributed by atoms with van der Waals surface area (Å²) in [6.07, 6.45) is 0. The highest BCUT2D eigenvalue weighted by molar-refractivity contribution is 9.10. The molecule has 0 bridgehead atoms. The Hall–Kier alpha value is -1.79. The highest BCUT2D eigenvalue weighted by Crippen LogP contribution is 2.27. The van der Waals surface area contributed by atoms with Gasteiger partial charge in [-0.05, 0) is 43.7 Å². The standard InChI is InChI=1S/C16H16BrClN2O3/c1-9-5-10(2)20-16(22)12(9)7-19-15(21)8-23-14-4-3-11(17)6-13(14)18/h3-6H,7-8H2,1-2H3,(H,19,21)(H,20,22). The lowest BCUT2D eigenvalue weighted by molar-refractivity contribution is -0.123. The van der Waals surface area contributed by atoms with E-state index in [9.17, 15) is 9.59 Å². The molecule has 23 heavy (non-hydrogen) atoms. The minimum Gasteiger partial charge on any atom is -0.482 e. The van der Waals surface area contributed by atoms with Crippen LogP contribution in [-0.4, -0.2) is 17.5 Å². The number of aryl methyl sites for hydroxylation is 2. The maximum atomic E-state index is 11.9. The molecule has 7 heteroatoms. The second kappa shape index (κ2) is 7.66. The van der Waals surface area contributed by atoms with Crippen molar-refractivity contribution in [3.63, 3.8) is 0 Å². The van der Waals surface area contributed by atoms with Gasteiger partial charge >= 0.3 is 0 Å². The molecule has 0 fully saturated rings. The molecule has 1 amide bonds. The number of pyridine rings is 1. The van der Waals surface area contributed by atoms with Gasteiger partial charge in [0.15, 0.2) is 6.61 Å². The van der Waals surface area contributed by atoms with Crippen LogP contribution in [0.5, 0.6) is 5.75 Å². The smallest absolute Gasteiger partial charge is 0.258 e. The summed E-state index contributed by atoms with van der Waals surface area (Å²) in [5.74, 6) is 0.0951. The summed E-state index contributed by atoms with van der Waals surface area (Å²) >= 11 is 9.30. The van der Waals surface area contributed by atoms with Crippen LogP contribution in [0.3, 0.4) is 0 Å². The Morgan fingerprint density at radius 3 is 2.74 bits per heavy atom. The lowest BCUT2D eigenvalue weighted by atomic mass is 10.1. The summed E-state index contributed by atoms with van der Waals surface area (Å²) in [5.41, 5.74) is 1.96. The fourth-order valence-corrected chi connectivity index (χ4v) is 2.80. The number of amides is 1. The van der Waals surface area contributed by atoms with Crippen molar-refractivity contribution < 1.29 is 9.53 Å². The van der Waals surface area contributed by atoms with Crippen molar-refractivity contribution in [1.82, 2.24) is 10.3 Å². The third-order valence-electron chi connectivity index (χ3n) is 3.21. The van der Waals surface area contributed by atoms with Gasteiger partial charge in [0.2, 0.25) is 0 Å². The van der Waals surface area contributed by atoms with Crippen LogP contribution < -0.4 is 15.6 Å². The molecule has 2 rings (SSSR count). The van der Waals surface area contributed by atoms with E-state index in [-0.39, 0.29) is 24.6 Å². The highest BCUT2D eigenvalue weighted by Gasteiger charge is 2.09. The Balaban J connectivity index is 1.92. The summed E-state index contributed by atoms with van der Waals surface area (Å²) in [7, 11) is 0. The molecule has 0 aliphatic rings. The van der Waals surface area contributed by atoms with E-state index in [0.29, 0.717) is 16.3 Å². The SMILES string of the molecule is Cc1cc(C)c(CNC(=O)COc2ccc(Br)cc2Cl)c(=O)[nH]1. The van der Waals surface area contributed by atoms with Crippen molar-refractivity contribution in [3.8, 4) is 5.75 Å². The average molecular weight is 400 g/mol. The van der Waals surface area contributed by atoms with E-state index in [4.69, 9.17) is 16.3 Å². The number of halogens is 2. The average Bonchev–Trinajstić information content (AvgIpc) is 2.45. The van der Waals surface area contributed by atoms with Crippen molar-refractivity contribution >= 4 is 33.4 Å². The predicted octanol–water partition coefficient (Wildman–Crippen LogP) is 3.10. The van der Waals surface area contributed by atoms with Crippen molar-refractivity contribution in [2.45, 2.75) is 20.4 Å². The van der Waals surface area contributed by atoms with Gasteiger partial charge in [-0.25, -0.2) is 0 Å². The lowest BCUT2D eigenvalue weighted by Gasteiger charge is -2.10. The van der Waals surface area contributed by atoms with E-state index in [1.807, 2.05) is 19.9 Å². The molecule has 1 aromatic carbocycles. The van der Waals surface area contributed by atoms with E-state index in [0.717, 1.165) is 15.7 Å². The summed E-state index contributed by atoms with van der Waals surface area (Å²) < 4.78 is 6.20. The van der Waals surface area contributed by atoms with Gasteiger partial charge in [-0.15, -0.1) is 0 Å². The van der Waals surface area contributed by atoms with E-state index in [2.05, 4.69) is 26.2 Å². The largest absolute Gasteiger partial charge is 0.482 e. The second-order valence-electron chi connectivity index (χ2n) is 5.08. The third kappa shape index (κ3) is 4.84. The minimum absolute atomic E-state index is 0.151. The molecule has 0 unspecified atom stereocenters. The first-order chi connectivity index (χ1) is 10.9. The number of benzene rings is 1. The van der Waals surface area contributed by atoms with Crippen LogP contribution in [0.15, 0.2) is 33.5 Å². The van der Waals surface area contributed by atoms with E-state index < -0.39 is 0 Å². The quantitative estimate of drug-likeness (QED) is 0.811. The zero-order valence-electron chi connectivity index (χ0n) is 12.7. The van der Waals surface area contributed by atoms with Crippen molar-refractivity contribution in [2.24, 2.45) is 0 Å². The molecular formula is C16H16BrClN2O3. The molecule has 1 aromatic heterocycles. The summed E-state index contributed by atoms with van der Waals surface area (Å²) in [5, 5.41) is 3.08. The van der Waals surface area contributed by atoms with Crippen LogP contribution in [0.4, 0.5) is 0 Å². The van der Waals surface area contributed by atoms with Crippen LogP contribution >= 0.6 is 27.5 Å². The van der Waals surface area contributed by atoms with E-state index >= 15 is 0 Å².